The van der Waals surface area contributed by atoms with Gasteiger partial charge in [0.15, 0.2) is 23.3 Å². The lowest BCUT2D eigenvalue weighted by Crippen LogP contribution is -2.20. The van der Waals surface area contributed by atoms with Crippen molar-refractivity contribution in [2.24, 2.45) is 5.10 Å². The number of thioether (sulfide) groups is 1. The zero-order chi connectivity index (χ0) is 26.8. The van der Waals surface area contributed by atoms with Gasteiger partial charge in [0.25, 0.3) is 11.8 Å². The minimum atomic E-state index is -0.296. The van der Waals surface area contributed by atoms with E-state index in [2.05, 4.69) is 41.7 Å². The molecule has 0 saturated heterocycles. The number of carbonyl (C=O) groups is 2. The molecule has 9 nitrogen and oxygen atoms in total. The molecule has 0 fully saturated rings. The first-order valence-corrected chi connectivity index (χ1v) is 13.2. The minimum absolute atomic E-state index is 0.131. The molecule has 11 heteroatoms. The molecule has 3 rings (SSSR count). The van der Waals surface area contributed by atoms with Crippen molar-refractivity contribution in [1.29, 1.82) is 0 Å². The molecule has 0 aliphatic heterocycles. The summed E-state index contributed by atoms with van der Waals surface area (Å²) in [5, 5.41) is 7.37. The Labute approximate surface area is 228 Å². The predicted molar refractivity (Wildman–Crippen MR) is 149 cm³/mol. The number of halogens is 1. The summed E-state index contributed by atoms with van der Waals surface area (Å²) in [5.41, 5.74) is 6.66. The third-order valence-corrected chi connectivity index (χ3v) is 6.15. The number of aryl methyl sites for hydroxylation is 3. The second-order valence-electron chi connectivity index (χ2n) is 7.98. The van der Waals surface area contributed by atoms with Crippen LogP contribution in [0.25, 0.3) is 0 Å². The van der Waals surface area contributed by atoms with Crippen LogP contribution >= 0.6 is 27.7 Å². The summed E-state index contributed by atoms with van der Waals surface area (Å²) in [6, 6.07) is 12.8. The van der Waals surface area contributed by atoms with E-state index in [0.29, 0.717) is 39.0 Å². The summed E-state index contributed by atoms with van der Waals surface area (Å²) >= 11 is 4.71. The van der Waals surface area contributed by atoms with Crippen molar-refractivity contribution >= 4 is 51.4 Å². The monoisotopic (exact) mass is 585 g/mol. The highest BCUT2D eigenvalue weighted by Crippen LogP contribution is 2.36. The van der Waals surface area contributed by atoms with Crippen molar-refractivity contribution in [1.82, 2.24) is 15.4 Å². The number of hydrogen-bond acceptors (Lipinski definition) is 8. The number of ether oxygens (including phenoxy) is 2. The lowest BCUT2D eigenvalue weighted by atomic mass is 10.2. The van der Waals surface area contributed by atoms with E-state index in [1.807, 2.05) is 58.0 Å². The molecule has 0 atom stereocenters. The molecule has 0 aliphatic carbocycles. The molecule has 0 radical (unpaired) electrons. The first kappa shape index (κ1) is 28.1. The van der Waals surface area contributed by atoms with Crippen LogP contribution in [-0.4, -0.2) is 47.0 Å². The molecular formula is C26H28BrN5O4S. The van der Waals surface area contributed by atoms with Crippen molar-refractivity contribution in [3.05, 3.63) is 69.5 Å². The minimum Gasteiger partial charge on any atom is -0.490 e. The van der Waals surface area contributed by atoms with E-state index in [9.17, 15) is 9.59 Å². The standard InChI is InChI=1S/C26H28BrN5O4S/c1-5-35-22-12-19(13-28-32-24(34)15-37-26-29-17(3)10-18(4)30-26)11-21(27)25(22)36-14-23(33)31-20-8-6-16(2)7-9-20/h6-13H,5,14-15H2,1-4H3,(H,31,33)(H,32,34)/b28-13-. The zero-order valence-electron chi connectivity index (χ0n) is 21.0. The molecule has 0 saturated carbocycles. The van der Waals surface area contributed by atoms with E-state index in [-0.39, 0.29) is 24.2 Å². The average Bonchev–Trinajstić information content (AvgIpc) is 2.83. The molecule has 3 aromatic rings. The summed E-state index contributed by atoms with van der Waals surface area (Å²) in [7, 11) is 0. The van der Waals surface area contributed by atoms with Crippen LogP contribution in [-0.2, 0) is 9.59 Å². The van der Waals surface area contributed by atoms with Gasteiger partial charge in [0.2, 0.25) is 0 Å². The Kier molecular flexibility index (Phi) is 10.5. The fraction of sp³-hybridized carbons (Fsp3) is 0.269. The molecule has 0 aliphatic rings. The molecule has 37 heavy (non-hydrogen) atoms. The Morgan fingerprint density at radius 3 is 2.41 bits per heavy atom. The van der Waals surface area contributed by atoms with Crippen LogP contribution in [0.1, 0.15) is 29.4 Å². The van der Waals surface area contributed by atoms with Crippen LogP contribution < -0.4 is 20.2 Å². The molecule has 2 amide bonds. The normalized spacial score (nSPS) is 10.8. The van der Waals surface area contributed by atoms with Crippen molar-refractivity contribution in [2.45, 2.75) is 32.9 Å². The highest BCUT2D eigenvalue weighted by atomic mass is 79.9. The number of rotatable bonds is 11. The first-order chi connectivity index (χ1) is 17.7. The number of nitrogens with zero attached hydrogens (tertiary/aromatic N) is 3. The van der Waals surface area contributed by atoms with E-state index in [0.717, 1.165) is 17.0 Å². The summed E-state index contributed by atoms with van der Waals surface area (Å²) in [6.45, 7) is 7.79. The Morgan fingerprint density at radius 2 is 1.73 bits per heavy atom. The van der Waals surface area contributed by atoms with Crippen LogP contribution in [0.3, 0.4) is 0 Å². The SMILES string of the molecule is CCOc1cc(/C=N\NC(=O)CSc2nc(C)cc(C)n2)cc(Br)c1OCC(=O)Nc1ccc(C)cc1. The largest absolute Gasteiger partial charge is 0.490 e. The smallest absolute Gasteiger partial charge is 0.262 e. The maximum absolute atomic E-state index is 12.3. The van der Waals surface area contributed by atoms with Crippen molar-refractivity contribution in [2.75, 3.05) is 24.3 Å². The number of benzene rings is 2. The molecule has 1 heterocycles. The highest BCUT2D eigenvalue weighted by molar-refractivity contribution is 9.10. The molecule has 0 unspecified atom stereocenters. The number of hydrogen-bond donors (Lipinski definition) is 2. The molecule has 2 N–H and O–H groups in total. The summed E-state index contributed by atoms with van der Waals surface area (Å²) in [4.78, 5) is 33.1. The van der Waals surface area contributed by atoms with Gasteiger partial charge in [-0.1, -0.05) is 29.5 Å². The summed E-state index contributed by atoms with van der Waals surface area (Å²) in [5.74, 6) is 0.386. The van der Waals surface area contributed by atoms with Crippen molar-refractivity contribution in [3.8, 4) is 11.5 Å². The molecule has 0 spiro atoms. The fourth-order valence-corrected chi connectivity index (χ4v) is 4.45. The van der Waals surface area contributed by atoms with Gasteiger partial charge >= 0.3 is 0 Å². The maximum atomic E-state index is 12.3. The Morgan fingerprint density at radius 1 is 1.03 bits per heavy atom. The quantitative estimate of drug-likeness (QED) is 0.143. The van der Waals surface area contributed by atoms with E-state index < -0.39 is 0 Å². The van der Waals surface area contributed by atoms with Crippen LogP contribution in [0.5, 0.6) is 11.5 Å². The summed E-state index contributed by atoms with van der Waals surface area (Å²) in [6.07, 6.45) is 1.50. The van der Waals surface area contributed by atoms with Gasteiger partial charge in [-0.3, -0.25) is 9.59 Å². The Bertz CT molecular complexity index is 1260. The third-order valence-electron chi connectivity index (χ3n) is 4.71. The molecule has 194 valence electrons. The third kappa shape index (κ3) is 9.18. The van der Waals surface area contributed by atoms with Crippen LogP contribution in [0.15, 0.2) is 57.2 Å². The van der Waals surface area contributed by atoms with Gasteiger partial charge in [-0.2, -0.15) is 5.10 Å². The number of hydrazone groups is 1. The summed E-state index contributed by atoms with van der Waals surface area (Å²) < 4.78 is 12.0. The van der Waals surface area contributed by atoms with Crippen LogP contribution in [0.4, 0.5) is 5.69 Å². The second-order valence-corrected chi connectivity index (χ2v) is 9.78. The van der Waals surface area contributed by atoms with Gasteiger partial charge < -0.3 is 14.8 Å². The van der Waals surface area contributed by atoms with Gasteiger partial charge in [0.05, 0.1) is 23.0 Å². The van der Waals surface area contributed by atoms with E-state index >= 15 is 0 Å². The first-order valence-electron chi connectivity index (χ1n) is 11.5. The predicted octanol–water partition coefficient (Wildman–Crippen LogP) is 4.82. The number of aromatic nitrogens is 2. The van der Waals surface area contributed by atoms with E-state index in [1.54, 1.807) is 12.1 Å². The second kappa shape index (κ2) is 13.8. The van der Waals surface area contributed by atoms with Crippen molar-refractivity contribution < 1.29 is 19.1 Å². The lowest BCUT2D eigenvalue weighted by Gasteiger charge is -2.14. The molecule has 1 aromatic heterocycles. The maximum Gasteiger partial charge on any atom is 0.262 e. The van der Waals surface area contributed by atoms with Crippen LogP contribution in [0, 0.1) is 20.8 Å². The number of anilines is 1. The number of amides is 2. The topological polar surface area (TPSA) is 115 Å². The molecular weight excluding hydrogens is 558 g/mol. The van der Waals surface area contributed by atoms with Gasteiger partial charge in [-0.05, 0) is 79.5 Å². The Balaban J connectivity index is 1.57. The molecule has 0 bridgehead atoms. The van der Waals surface area contributed by atoms with Crippen molar-refractivity contribution in [3.63, 3.8) is 0 Å². The highest BCUT2D eigenvalue weighted by Gasteiger charge is 2.14. The van der Waals surface area contributed by atoms with E-state index in [1.165, 1.54) is 18.0 Å². The average molecular weight is 587 g/mol. The zero-order valence-corrected chi connectivity index (χ0v) is 23.4. The lowest BCUT2D eigenvalue weighted by molar-refractivity contribution is -0.119. The fourth-order valence-electron chi connectivity index (χ4n) is 3.14. The Hall–Kier alpha value is -3.44. The van der Waals surface area contributed by atoms with Gasteiger partial charge in [0.1, 0.15) is 0 Å². The number of carbonyl (C=O) groups excluding carboxylic acids is 2. The van der Waals surface area contributed by atoms with E-state index in [4.69, 9.17) is 9.47 Å². The van der Waals surface area contributed by atoms with Gasteiger partial charge in [-0.25, -0.2) is 15.4 Å². The van der Waals surface area contributed by atoms with Gasteiger partial charge in [-0.15, -0.1) is 0 Å². The number of nitrogens with one attached hydrogen (secondary N) is 2. The van der Waals surface area contributed by atoms with Crippen LogP contribution in [0.2, 0.25) is 0 Å². The molecule has 2 aromatic carbocycles. The van der Waals surface area contributed by atoms with Gasteiger partial charge in [0, 0.05) is 17.1 Å².